The van der Waals surface area contributed by atoms with Gasteiger partial charge < -0.3 is 16.8 Å². The van der Waals surface area contributed by atoms with Crippen molar-refractivity contribution in [2.45, 2.75) is 45.1 Å². The van der Waals surface area contributed by atoms with Gasteiger partial charge in [-0.3, -0.25) is 10.2 Å². The van der Waals surface area contributed by atoms with Crippen LogP contribution in [0.15, 0.2) is 24.5 Å². The number of primary amides is 1. The standard InChI is InChI=1S/C21H24N6O/c1-13-7-8-15(20(24)28)11-14(13)9-10-17(22)18-19(23)25-12-26-21(18)27-16-5-3-2-4-6-16/h7-8,11-12,16,22H,2-6H2,1H3,(H2,24,28)(H3,23,25,26,27). The number of nitrogens with one attached hydrogen (secondary N) is 2. The number of aryl methyl sites for hydroxylation is 1. The van der Waals surface area contributed by atoms with E-state index < -0.39 is 5.91 Å². The van der Waals surface area contributed by atoms with E-state index in [2.05, 4.69) is 27.1 Å². The molecule has 7 heteroatoms. The summed E-state index contributed by atoms with van der Waals surface area (Å²) in [7, 11) is 0. The Morgan fingerprint density at radius 1 is 1.25 bits per heavy atom. The second-order valence-electron chi connectivity index (χ2n) is 6.98. The molecule has 1 fully saturated rings. The molecule has 7 nitrogen and oxygen atoms in total. The van der Waals surface area contributed by atoms with Crippen molar-refractivity contribution in [3.8, 4) is 11.8 Å². The van der Waals surface area contributed by atoms with Crippen molar-refractivity contribution in [1.29, 1.82) is 5.41 Å². The van der Waals surface area contributed by atoms with Gasteiger partial charge in [-0.1, -0.05) is 31.2 Å². The van der Waals surface area contributed by atoms with Crippen LogP contribution < -0.4 is 16.8 Å². The van der Waals surface area contributed by atoms with E-state index in [4.69, 9.17) is 16.9 Å². The number of amides is 1. The van der Waals surface area contributed by atoms with Gasteiger partial charge in [0.25, 0.3) is 0 Å². The van der Waals surface area contributed by atoms with Gasteiger partial charge in [0, 0.05) is 17.2 Å². The van der Waals surface area contributed by atoms with E-state index in [1.54, 1.807) is 18.2 Å². The molecule has 0 bridgehead atoms. The van der Waals surface area contributed by atoms with E-state index in [9.17, 15) is 4.79 Å². The molecule has 0 spiro atoms. The second-order valence-corrected chi connectivity index (χ2v) is 6.98. The van der Waals surface area contributed by atoms with Crippen molar-refractivity contribution in [2.75, 3.05) is 11.1 Å². The van der Waals surface area contributed by atoms with Crippen molar-refractivity contribution in [1.82, 2.24) is 9.97 Å². The average Bonchev–Trinajstić information content (AvgIpc) is 2.68. The molecule has 3 rings (SSSR count). The van der Waals surface area contributed by atoms with Gasteiger partial charge >= 0.3 is 0 Å². The molecule has 0 unspecified atom stereocenters. The minimum atomic E-state index is -0.516. The maximum Gasteiger partial charge on any atom is 0.248 e. The number of rotatable bonds is 4. The smallest absolute Gasteiger partial charge is 0.248 e. The Hall–Kier alpha value is -3.40. The molecule has 0 saturated heterocycles. The van der Waals surface area contributed by atoms with E-state index in [0.29, 0.717) is 28.6 Å². The summed E-state index contributed by atoms with van der Waals surface area (Å²) in [5, 5.41) is 11.8. The molecule has 1 amide bonds. The third-order valence-corrected chi connectivity index (χ3v) is 4.92. The van der Waals surface area contributed by atoms with E-state index >= 15 is 0 Å². The Morgan fingerprint density at radius 2 is 2.00 bits per heavy atom. The van der Waals surface area contributed by atoms with Gasteiger partial charge in [-0.15, -0.1) is 0 Å². The predicted molar refractivity (Wildman–Crippen MR) is 110 cm³/mol. The summed E-state index contributed by atoms with van der Waals surface area (Å²) in [5.74, 6) is 6.01. The SMILES string of the molecule is Cc1ccc(C(N)=O)cc1C#CC(=N)c1c(N)ncnc1NC1CCCCC1. The first-order valence-corrected chi connectivity index (χ1v) is 9.34. The highest BCUT2D eigenvalue weighted by atomic mass is 16.1. The maximum atomic E-state index is 11.4. The van der Waals surface area contributed by atoms with Crippen LogP contribution in [0.25, 0.3) is 0 Å². The molecule has 1 saturated carbocycles. The molecule has 0 radical (unpaired) electrons. The largest absolute Gasteiger partial charge is 0.383 e. The number of anilines is 2. The number of nitrogens with two attached hydrogens (primary N) is 2. The van der Waals surface area contributed by atoms with E-state index in [1.807, 2.05) is 6.92 Å². The van der Waals surface area contributed by atoms with Crippen LogP contribution in [0, 0.1) is 24.2 Å². The van der Waals surface area contributed by atoms with E-state index in [-0.39, 0.29) is 11.5 Å². The molecule has 1 aliphatic rings. The first kappa shape index (κ1) is 19.4. The van der Waals surface area contributed by atoms with Crippen LogP contribution in [0.3, 0.4) is 0 Å². The van der Waals surface area contributed by atoms with Crippen molar-refractivity contribution < 1.29 is 4.79 Å². The van der Waals surface area contributed by atoms with Gasteiger partial charge in [-0.2, -0.15) is 0 Å². The van der Waals surface area contributed by atoms with Crippen molar-refractivity contribution in [3.05, 3.63) is 46.8 Å². The number of hydrogen-bond donors (Lipinski definition) is 4. The van der Waals surface area contributed by atoms with Crippen LogP contribution in [-0.4, -0.2) is 27.6 Å². The lowest BCUT2D eigenvalue weighted by Crippen LogP contribution is -2.24. The van der Waals surface area contributed by atoms with Crippen LogP contribution in [0.5, 0.6) is 0 Å². The molecule has 1 aromatic carbocycles. The first-order valence-electron chi connectivity index (χ1n) is 9.34. The Morgan fingerprint density at radius 3 is 2.71 bits per heavy atom. The highest BCUT2D eigenvalue weighted by molar-refractivity contribution is 6.16. The molecule has 2 aromatic rings. The number of nitrogens with zero attached hydrogens (tertiary/aromatic N) is 2. The number of aromatic nitrogens is 2. The monoisotopic (exact) mass is 376 g/mol. The summed E-state index contributed by atoms with van der Waals surface area (Å²) in [4.78, 5) is 19.7. The Bertz CT molecular complexity index is 967. The summed E-state index contributed by atoms with van der Waals surface area (Å²) in [5.41, 5.74) is 13.7. The minimum Gasteiger partial charge on any atom is -0.383 e. The fourth-order valence-corrected chi connectivity index (χ4v) is 3.30. The fourth-order valence-electron chi connectivity index (χ4n) is 3.30. The molecule has 0 atom stereocenters. The van der Waals surface area contributed by atoms with Crippen molar-refractivity contribution in [3.63, 3.8) is 0 Å². The van der Waals surface area contributed by atoms with Gasteiger partial charge in [-0.25, -0.2) is 9.97 Å². The number of nitrogen functional groups attached to an aromatic ring is 1. The lowest BCUT2D eigenvalue weighted by molar-refractivity contribution is 0.1000. The van der Waals surface area contributed by atoms with Gasteiger partial charge in [-0.05, 0) is 43.4 Å². The van der Waals surface area contributed by atoms with Gasteiger partial charge in [0.05, 0.1) is 5.56 Å². The lowest BCUT2D eigenvalue weighted by atomic mass is 9.95. The van der Waals surface area contributed by atoms with Crippen molar-refractivity contribution in [2.24, 2.45) is 5.73 Å². The van der Waals surface area contributed by atoms with E-state index in [1.165, 1.54) is 25.6 Å². The predicted octanol–water partition coefficient (Wildman–Crippen LogP) is 2.63. The summed E-state index contributed by atoms with van der Waals surface area (Å²) < 4.78 is 0. The summed E-state index contributed by atoms with van der Waals surface area (Å²) in [6.07, 6.45) is 7.15. The highest BCUT2D eigenvalue weighted by Gasteiger charge is 2.18. The average molecular weight is 376 g/mol. The zero-order valence-corrected chi connectivity index (χ0v) is 15.9. The van der Waals surface area contributed by atoms with Gasteiger partial charge in [0.15, 0.2) is 0 Å². The number of hydrogen-bond acceptors (Lipinski definition) is 6. The topological polar surface area (TPSA) is 131 Å². The Balaban J connectivity index is 1.89. The van der Waals surface area contributed by atoms with Crippen molar-refractivity contribution >= 4 is 23.3 Å². The quantitative estimate of drug-likeness (QED) is 0.481. The number of carbonyl (C=O) groups excluding carboxylic acids is 1. The zero-order chi connectivity index (χ0) is 20.1. The maximum absolute atomic E-state index is 11.4. The molecule has 1 aliphatic carbocycles. The first-order chi connectivity index (χ1) is 13.5. The van der Waals surface area contributed by atoms with Gasteiger partial charge in [0.2, 0.25) is 5.91 Å². The third-order valence-electron chi connectivity index (χ3n) is 4.92. The zero-order valence-electron chi connectivity index (χ0n) is 15.9. The molecule has 0 aliphatic heterocycles. The molecule has 6 N–H and O–H groups in total. The van der Waals surface area contributed by atoms with Crippen LogP contribution >= 0.6 is 0 Å². The molecular weight excluding hydrogens is 352 g/mol. The van der Waals surface area contributed by atoms with Crippen LogP contribution in [0.2, 0.25) is 0 Å². The van der Waals surface area contributed by atoms with Crippen LogP contribution in [-0.2, 0) is 0 Å². The summed E-state index contributed by atoms with van der Waals surface area (Å²) in [6.45, 7) is 1.88. The summed E-state index contributed by atoms with van der Waals surface area (Å²) >= 11 is 0. The number of carbonyl (C=O) groups is 1. The minimum absolute atomic E-state index is 0.0280. The molecule has 1 heterocycles. The third kappa shape index (κ3) is 4.46. The molecule has 28 heavy (non-hydrogen) atoms. The highest BCUT2D eigenvalue weighted by Crippen LogP contribution is 2.24. The van der Waals surface area contributed by atoms with Crippen LogP contribution in [0.1, 0.15) is 59.2 Å². The molecule has 144 valence electrons. The van der Waals surface area contributed by atoms with Crippen LogP contribution in [0.4, 0.5) is 11.6 Å². The lowest BCUT2D eigenvalue weighted by Gasteiger charge is -2.24. The fraction of sp³-hybridized carbons (Fsp3) is 0.333. The second kappa shape index (κ2) is 8.53. The number of benzene rings is 1. The van der Waals surface area contributed by atoms with Gasteiger partial charge in [0.1, 0.15) is 23.7 Å². The summed E-state index contributed by atoms with van der Waals surface area (Å²) in [6, 6.07) is 5.38. The normalized spacial score (nSPS) is 14.0. The Kier molecular flexibility index (Phi) is 5.90. The Labute approximate surface area is 164 Å². The van der Waals surface area contributed by atoms with E-state index in [0.717, 1.165) is 18.4 Å². The molecular formula is C21H24N6O. The molecule has 1 aromatic heterocycles.